The van der Waals surface area contributed by atoms with Crippen molar-refractivity contribution in [2.24, 2.45) is 0 Å². The maximum absolute atomic E-state index is 11.7. The highest BCUT2D eigenvalue weighted by atomic mass is 35.5. The highest BCUT2D eigenvalue weighted by molar-refractivity contribution is 7.17. The average molecular weight is 326 g/mol. The molecule has 0 bridgehead atoms. The number of rotatable bonds is 4. The summed E-state index contributed by atoms with van der Waals surface area (Å²) in [7, 11) is 2.75. The van der Waals surface area contributed by atoms with Crippen LogP contribution in [0.3, 0.4) is 0 Å². The molecule has 0 aliphatic rings. The van der Waals surface area contributed by atoms with E-state index in [4.69, 9.17) is 16.3 Å². The van der Waals surface area contributed by atoms with Gasteiger partial charge in [-0.2, -0.15) is 0 Å². The van der Waals surface area contributed by atoms with Gasteiger partial charge in [0, 0.05) is 6.92 Å². The molecule has 5 nitrogen and oxygen atoms in total. The molecule has 0 aliphatic carbocycles. The zero-order valence-electron chi connectivity index (χ0n) is 11.6. The van der Waals surface area contributed by atoms with Gasteiger partial charge in [-0.3, -0.25) is 4.79 Å². The first-order chi connectivity index (χ1) is 9.99. The molecule has 0 aliphatic heterocycles. The van der Waals surface area contributed by atoms with E-state index >= 15 is 0 Å². The third-order valence-electron chi connectivity index (χ3n) is 2.73. The van der Waals surface area contributed by atoms with E-state index in [-0.39, 0.29) is 16.4 Å². The smallest absolute Gasteiger partial charge is 0.358 e. The van der Waals surface area contributed by atoms with Gasteiger partial charge in [-0.15, -0.1) is 11.3 Å². The fourth-order valence-electron chi connectivity index (χ4n) is 1.78. The van der Waals surface area contributed by atoms with Crippen LogP contribution in [0.1, 0.15) is 27.1 Å². The topological polar surface area (TPSA) is 65.5 Å². The number of carbonyl (C=O) groups excluding carboxylic acids is 2. The zero-order valence-corrected chi connectivity index (χ0v) is 13.2. The van der Waals surface area contributed by atoms with Gasteiger partial charge in [0.25, 0.3) is 0 Å². The Morgan fingerprint density at radius 2 is 2.00 bits per heavy atom. The normalized spacial score (nSPS) is 10.3. The van der Waals surface area contributed by atoms with Gasteiger partial charge >= 0.3 is 5.97 Å². The van der Waals surface area contributed by atoms with Crippen molar-refractivity contribution in [3.63, 3.8) is 0 Å². The fourth-order valence-corrected chi connectivity index (χ4v) is 3.11. The van der Waals surface area contributed by atoms with Crippen LogP contribution in [-0.2, 0) is 4.74 Å². The number of nitrogens with zero attached hydrogens (tertiary/aromatic N) is 1. The standard InChI is InChI=1S/C14H12ClNO4S/c1-7(17)12-11(14(18)20-3)16-13(21-12)10-8(15)5-4-6-9(10)19-2/h4-6H,1-3H3. The molecule has 0 spiro atoms. The second-order valence-electron chi connectivity index (χ2n) is 4.06. The molecule has 1 aromatic heterocycles. The Labute approximate surface area is 130 Å². The minimum absolute atomic E-state index is 0.00743. The van der Waals surface area contributed by atoms with Crippen LogP contribution in [0.25, 0.3) is 10.6 Å². The van der Waals surface area contributed by atoms with Gasteiger partial charge in [-0.1, -0.05) is 17.7 Å². The van der Waals surface area contributed by atoms with Crippen LogP contribution in [0.5, 0.6) is 5.75 Å². The van der Waals surface area contributed by atoms with Crippen LogP contribution in [0, 0.1) is 0 Å². The van der Waals surface area contributed by atoms with Crippen LogP contribution in [0.2, 0.25) is 5.02 Å². The number of methoxy groups -OCH3 is 2. The molecule has 0 unspecified atom stereocenters. The molecule has 2 rings (SSSR count). The van der Waals surface area contributed by atoms with Crippen molar-refractivity contribution < 1.29 is 19.1 Å². The van der Waals surface area contributed by atoms with Crippen molar-refractivity contribution in [2.75, 3.05) is 14.2 Å². The molecule has 21 heavy (non-hydrogen) atoms. The number of benzene rings is 1. The van der Waals surface area contributed by atoms with Crippen LogP contribution in [0.15, 0.2) is 18.2 Å². The number of ether oxygens (including phenoxy) is 2. The molecule has 0 fully saturated rings. The largest absolute Gasteiger partial charge is 0.496 e. The molecule has 1 aromatic carbocycles. The van der Waals surface area contributed by atoms with E-state index < -0.39 is 5.97 Å². The summed E-state index contributed by atoms with van der Waals surface area (Å²) in [6.07, 6.45) is 0. The number of carbonyl (C=O) groups is 2. The second-order valence-corrected chi connectivity index (χ2v) is 5.47. The summed E-state index contributed by atoms with van der Waals surface area (Å²) in [5, 5.41) is 0.859. The van der Waals surface area contributed by atoms with Crippen LogP contribution in [-0.4, -0.2) is 31.0 Å². The van der Waals surface area contributed by atoms with E-state index in [2.05, 4.69) is 9.72 Å². The van der Waals surface area contributed by atoms with E-state index in [0.717, 1.165) is 11.3 Å². The molecular weight excluding hydrogens is 314 g/mol. The third kappa shape index (κ3) is 2.91. The van der Waals surface area contributed by atoms with E-state index in [9.17, 15) is 9.59 Å². The highest BCUT2D eigenvalue weighted by Gasteiger charge is 2.24. The number of halogens is 1. The van der Waals surface area contributed by atoms with E-state index in [1.165, 1.54) is 21.1 Å². The first-order valence-electron chi connectivity index (χ1n) is 5.92. The van der Waals surface area contributed by atoms with Gasteiger partial charge in [0.05, 0.1) is 24.8 Å². The van der Waals surface area contributed by atoms with Crippen LogP contribution in [0.4, 0.5) is 0 Å². The Morgan fingerprint density at radius 3 is 2.57 bits per heavy atom. The monoisotopic (exact) mass is 325 g/mol. The summed E-state index contributed by atoms with van der Waals surface area (Å²) in [5.74, 6) is -0.401. The molecule has 0 saturated carbocycles. The third-order valence-corrected chi connectivity index (χ3v) is 4.22. The molecule has 0 N–H and O–H groups in total. The molecule has 110 valence electrons. The van der Waals surface area contributed by atoms with Crippen LogP contribution < -0.4 is 4.74 Å². The quantitative estimate of drug-likeness (QED) is 0.636. The van der Waals surface area contributed by atoms with Crippen molar-refractivity contribution in [3.05, 3.63) is 33.8 Å². The number of esters is 1. The van der Waals surface area contributed by atoms with E-state index in [1.54, 1.807) is 18.2 Å². The average Bonchev–Trinajstić information content (AvgIpc) is 2.91. The Balaban J connectivity index is 2.66. The fraction of sp³-hybridized carbons (Fsp3) is 0.214. The predicted molar refractivity (Wildman–Crippen MR) is 80.5 cm³/mol. The van der Waals surface area contributed by atoms with E-state index in [0.29, 0.717) is 21.3 Å². The molecule has 0 radical (unpaired) electrons. The number of aromatic nitrogens is 1. The molecule has 0 atom stereocenters. The minimum Gasteiger partial charge on any atom is -0.496 e. The summed E-state index contributed by atoms with van der Waals surface area (Å²) in [6, 6.07) is 5.16. The maximum atomic E-state index is 11.7. The van der Waals surface area contributed by atoms with Crippen molar-refractivity contribution >= 4 is 34.7 Å². The Morgan fingerprint density at radius 1 is 1.29 bits per heavy atom. The lowest BCUT2D eigenvalue weighted by molar-refractivity contribution is 0.0591. The first kappa shape index (κ1) is 15.5. The lowest BCUT2D eigenvalue weighted by Gasteiger charge is -2.07. The molecule has 2 aromatic rings. The summed E-state index contributed by atoms with van der Waals surface area (Å²) < 4.78 is 9.91. The lowest BCUT2D eigenvalue weighted by Crippen LogP contribution is -2.06. The molecular formula is C14H12ClNO4S. The lowest BCUT2D eigenvalue weighted by atomic mass is 10.2. The van der Waals surface area contributed by atoms with Gasteiger partial charge < -0.3 is 9.47 Å². The van der Waals surface area contributed by atoms with Gasteiger partial charge in [0.1, 0.15) is 15.6 Å². The zero-order chi connectivity index (χ0) is 15.6. The first-order valence-corrected chi connectivity index (χ1v) is 7.12. The van der Waals surface area contributed by atoms with Crippen molar-refractivity contribution in [1.82, 2.24) is 4.98 Å². The summed E-state index contributed by atoms with van der Waals surface area (Å²) in [6.45, 7) is 1.37. The SMILES string of the molecule is COC(=O)c1nc(-c2c(Cl)cccc2OC)sc1C(C)=O. The number of thiazole rings is 1. The van der Waals surface area contributed by atoms with Crippen molar-refractivity contribution in [3.8, 4) is 16.3 Å². The molecule has 1 heterocycles. The summed E-state index contributed by atoms with van der Waals surface area (Å²) in [4.78, 5) is 27.8. The van der Waals surface area contributed by atoms with Gasteiger partial charge in [0.2, 0.25) is 0 Å². The summed E-state index contributed by atoms with van der Waals surface area (Å²) in [5.41, 5.74) is 0.538. The minimum atomic E-state index is -0.659. The predicted octanol–water partition coefficient (Wildman–Crippen LogP) is 3.46. The number of Topliss-reactive ketones (excluding diaryl/α,β-unsaturated/α-hetero) is 1. The van der Waals surface area contributed by atoms with Gasteiger partial charge in [-0.05, 0) is 12.1 Å². The number of hydrogen-bond donors (Lipinski definition) is 0. The van der Waals surface area contributed by atoms with Gasteiger partial charge in [-0.25, -0.2) is 9.78 Å². The Hall–Kier alpha value is -1.92. The maximum Gasteiger partial charge on any atom is 0.358 e. The molecule has 7 heteroatoms. The van der Waals surface area contributed by atoms with Crippen LogP contribution >= 0.6 is 22.9 Å². The molecule has 0 amide bonds. The second kappa shape index (κ2) is 6.24. The summed E-state index contributed by atoms with van der Waals surface area (Å²) >= 11 is 7.27. The molecule has 0 saturated heterocycles. The van der Waals surface area contributed by atoms with E-state index in [1.807, 2.05) is 0 Å². The van der Waals surface area contributed by atoms with Gasteiger partial charge in [0.15, 0.2) is 11.5 Å². The Bertz CT molecular complexity index is 711. The number of hydrogen-bond acceptors (Lipinski definition) is 6. The Kier molecular flexibility index (Phi) is 4.59. The number of ketones is 1. The van der Waals surface area contributed by atoms with Crippen molar-refractivity contribution in [1.29, 1.82) is 0 Å². The van der Waals surface area contributed by atoms with Crippen molar-refractivity contribution in [2.45, 2.75) is 6.92 Å². The highest BCUT2D eigenvalue weighted by Crippen LogP contribution is 2.39.